The minimum Gasteiger partial charge on any atom is -0.477 e. The summed E-state index contributed by atoms with van der Waals surface area (Å²) in [7, 11) is 0. The lowest BCUT2D eigenvalue weighted by Gasteiger charge is -2.17. The second kappa shape index (κ2) is 10.2. The molecule has 0 aliphatic carbocycles. The first-order chi connectivity index (χ1) is 9.71. The molecule has 1 atom stereocenters. The van der Waals surface area contributed by atoms with E-state index in [9.17, 15) is 0 Å². The van der Waals surface area contributed by atoms with Crippen molar-refractivity contribution in [2.45, 2.75) is 53.0 Å². The van der Waals surface area contributed by atoms with E-state index in [1.54, 1.807) is 6.20 Å². The summed E-state index contributed by atoms with van der Waals surface area (Å²) in [5.41, 5.74) is 1.12. The van der Waals surface area contributed by atoms with E-state index in [-0.39, 0.29) is 0 Å². The van der Waals surface area contributed by atoms with Gasteiger partial charge in [0.05, 0.1) is 6.61 Å². The van der Waals surface area contributed by atoms with Crippen molar-refractivity contribution in [1.29, 1.82) is 0 Å². The topological polar surface area (TPSA) is 34.1 Å². The number of unbranched alkanes of at least 4 members (excludes halogenated alkanes) is 1. The molecule has 1 heterocycles. The zero-order valence-corrected chi connectivity index (χ0v) is 14.5. The molecule has 1 rings (SSSR count). The van der Waals surface area contributed by atoms with Gasteiger partial charge in [0.1, 0.15) is 0 Å². The molecular weight excluding hydrogens is 316 g/mol. The number of ether oxygens (including phenoxy) is 1. The molecule has 0 spiro atoms. The molecule has 0 saturated heterocycles. The van der Waals surface area contributed by atoms with Crippen LogP contribution >= 0.6 is 15.9 Å². The summed E-state index contributed by atoms with van der Waals surface area (Å²) in [4.78, 5) is 4.41. The molecule has 0 amide bonds. The van der Waals surface area contributed by atoms with Crippen LogP contribution in [-0.2, 0) is 6.54 Å². The van der Waals surface area contributed by atoms with E-state index < -0.39 is 0 Å². The Balaban J connectivity index is 2.60. The van der Waals surface area contributed by atoms with Crippen molar-refractivity contribution >= 4 is 15.9 Å². The number of hydrogen-bond donors (Lipinski definition) is 1. The molecule has 1 aromatic heterocycles. The number of rotatable bonds is 10. The molecule has 114 valence electrons. The van der Waals surface area contributed by atoms with Gasteiger partial charge in [0.25, 0.3) is 0 Å². The third-order valence-electron chi connectivity index (χ3n) is 3.46. The fraction of sp³-hybridized carbons (Fsp3) is 0.688. The molecule has 20 heavy (non-hydrogen) atoms. The molecule has 0 aliphatic heterocycles. The normalized spacial score (nSPS) is 12.4. The molecule has 0 bridgehead atoms. The van der Waals surface area contributed by atoms with Crippen molar-refractivity contribution in [3.8, 4) is 5.88 Å². The van der Waals surface area contributed by atoms with Crippen molar-refractivity contribution in [2.24, 2.45) is 5.92 Å². The van der Waals surface area contributed by atoms with Gasteiger partial charge in [-0.25, -0.2) is 4.98 Å². The Kier molecular flexibility index (Phi) is 8.86. The maximum absolute atomic E-state index is 5.97. The van der Waals surface area contributed by atoms with Gasteiger partial charge in [-0.15, -0.1) is 0 Å². The van der Waals surface area contributed by atoms with Gasteiger partial charge in [-0.05, 0) is 40.9 Å². The highest BCUT2D eigenvalue weighted by Crippen LogP contribution is 2.22. The van der Waals surface area contributed by atoms with Crippen LogP contribution in [0.5, 0.6) is 5.88 Å². The Morgan fingerprint density at radius 2 is 2.15 bits per heavy atom. The fourth-order valence-corrected chi connectivity index (χ4v) is 2.46. The van der Waals surface area contributed by atoms with E-state index in [1.807, 2.05) is 0 Å². The summed E-state index contributed by atoms with van der Waals surface area (Å²) in [5.74, 6) is 1.40. The van der Waals surface area contributed by atoms with E-state index in [0.29, 0.717) is 5.92 Å². The van der Waals surface area contributed by atoms with Crippen molar-refractivity contribution in [3.63, 3.8) is 0 Å². The van der Waals surface area contributed by atoms with Crippen molar-refractivity contribution < 1.29 is 4.74 Å². The molecule has 3 nitrogen and oxygen atoms in total. The van der Waals surface area contributed by atoms with Crippen LogP contribution in [0.4, 0.5) is 0 Å². The smallest absolute Gasteiger partial charge is 0.217 e. The highest BCUT2D eigenvalue weighted by molar-refractivity contribution is 9.10. The SMILES string of the molecule is CCCCC(CC)COc1ncc(Br)cc1CNCC. The van der Waals surface area contributed by atoms with Crippen molar-refractivity contribution in [1.82, 2.24) is 10.3 Å². The van der Waals surface area contributed by atoms with Crippen molar-refractivity contribution in [3.05, 3.63) is 22.3 Å². The average Bonchev–Trinajstić information content (AvgIpc) is 2.46. The van der Waals surface area contributed by atoms with Gasteiger partial charge in [-0.2, -0.15) is 0 Å². The number of nitrogens with one attached hydrogen (secondary N) is 1. The van der Waals surface area contributed by atoms with Gasteiger partial charge in [0, 0.05) is 22.8 Å². The van der Waals surface area contributed by atoms with E-state index in [0.717, 1.165) is 35.6 Å². The maximum Gasteiger partial charge on any atom is 0.217 e. The summed E-state index contributed by atoms with van der Waals surface area (Å²) in [5, 5.41) is 3.33. The summed E-state index contributed by atoms with van der Waals surface area (Å²) < 4.78 is 6.96. The van der Waals surface area contributed by atoms with Crippen LogP contribution in [0.3, 0.4) is 0 Å². The van der Waals surface area contributed by atoms with Crippen molar-refractivity contribution in [2.75, 3.05) is 13.2 Å². The third kappa shape index (κ3) is 6.23. The highest BCUT2D eigenvalue weighted by Gasteiger charge is 2.10. The van der Waals surface area contributed by atoms with Crippen LogP contribution in [-0.4, -0.2) is 18.1 Å². The van der Waals surface area contributed by atoms with Gasteiger partial charge in [0.2, 0.25) is 5.88 Å². The third-order valence-corrected chi connectivity index (χ3v) is 3.89. The summed E-state index contributed by atoms with van der Waals surface area (Å²) in [6, 6.07) is 2.08. The lowest BCUT2D eigenvalue weighted by molar-refractivity contribution is 0.223. The minimum atomic E-state index is 0.632. The van der Waals surface area contributed by atoms with E-state index >= 15 is 0 Å². The van der Waals surface area contributed by atoms with Crippen LogP contribution < -0.4 is 10.1 Å². The van der Waals surface area contributed by atoms with Crippen LogP contribution in [0.15, 0.2) is 16.7 Å². The lowest BCUT2D eigenvalue weighted by Crippen LogP contribution is -2.16. The fourth-order valence-electron chi connectivity index (χ4n) is 2.08. The zero-order chi connectivity index (χ0) is 14.8. The quantitative estimate of drug-likeness (QED) is 0.677. The molecule has 1 unspecified atom stereocenters. The van der Waals surface area contributed by atoms with Crippen LogP contribution in [0.1, 0.15) is 52.0 Å². The van der Waals surface area contributed by atoms with E-state index in [1.165, 1.54) is 25.7 Å². The Labute approximate surface area is 131 Å². The maximum atomic E-state index is 5.97. The highest BCUT2D eigenvalue weighted by atomic mass is 79.9. The lowest BCUT2D eigenvalue weighted by atomic mass is 10.0. The Hall–Kier alpha value is -0.610. The van der Waals surface area contributed by atoms with Gasteiger partial charge in [-0.3, -0.25) is 0 Å². The molecular formula is C16H27BrN2O. The first-order valence-corrected chi connectivity index (χ1v) is 8.48. The van der Waals surface area contributed by atoms with Crippen LogP contribution in [0.2, 0.25) is 0 Å². The zero-order valence-electron chi connectivity index (χ0n) is 12.9. The number of pyridine rings is 1. The van der Waals surface area contributed by atoms with Gasteiger partial charge in [-0.1, -0.05) is 40.0 Å². The van der Waals surface area contributed by atoms with E-state index in [4.69, 9.17) is 4.74 Å². The largest absolute Gasteiger partial charge is 0.477 e. The standard InChI is InChI=1S/C16H27BrN2O/c1-4-7-8-13(5-2)12-20-16-14(10-18-6-3)9-15(17)11-19-16/h9,11,13,18H,4-8,10,12H2,1-3H3. The summed E-state index contributed by atoms with van der Waals surface area (Å²) >= 11 is 3.47. The van der Waals surface area contributed by atoms with Gasteiger partial charge >= 0.3 is 0 Å². The summed E-state index contributed by atoms with van der Waals surface area (Å²) in [6.07, 6.45) is 6.74. The molecule has 4 heteroatoms. The molecule has 0 aromatic carbocycles. The Morgan fingerprint density at radius 3 is 2.80 bits per heavy atom. The van der Waals surface area contributed by atoms with Gasteiger partial charge in [0.15, 0.2) is 0 Å². The molecule has 0 aliphatic rings. The predicted octanol–water partition coefficient (Wildman–Crippen LogP) is 4.55. The Morgan fingerprint density at radius 1 is 1.35 bits per heavy atom. The van der Waals surface area contributed by atoms with Crippen LogP contribution in [0, 0.1) is 5.92 Å². The minimum absolute atomic E-state index is 0.632. The molecule has 1 N–H and O–H groups in total. The molecule has 0 radical (unpaired) electrons. The van der Waals surface area contributed by atoms with Crippen LogP contribution in [0.25, 0.3) is 0 Å². The number of aromatic nitrogens is 1. The second-order valence-electron chi connectivity index (χ2n) is 5.13. The van der Waals surface area contributed by atoms with Gasteiger partial charge < -0.3 is 10.1 Å². The number of halogens is 1. The Bertz CT molecular complexity index is 385. The second-order valence-corrected chi connectivity index (χ2v) is 6.04. The molecule has 0 saturated carbocycles. The number of hydrogen-bond acceptors (Lipinski definition) is 3. The average molecular weight is 343 g/mol. The molecule has 0 fully saturated rings. The van der Waals surface area contributed by atoms with E-state index in [2.05, 4.69) is 53.1 Å². The summed E-state index contributed by atoms with van der Waals surface area (Å²) in [6.45, 7) is 9.08. The first-order valence-electron chi connectivity index (χ1n) is 7.69. The molecule has 1 aromatic rings. The number of nitrogens with zero attached hydrogens (tertiary/aromatic N) is 1. The predicted molar refractivity (Wildman–Crippen MR) is 88.1 cm³/mol. The first kappa shape index (κ1) is 17.4. The monoisotopic (exact) mass is 342 g/mol.